The second kappa shape index (κ2) is 3.51. The van der Waals surface area contributed by atoms with Crippen molar-refractivity contribution in [1.29, 1.82) is 0 Å². The number of rotatable bonds is 1. The summed E-state index contributed by atoms with van der Waals surface area (Å²) < 4.78 is 0. The third-order valence-electron chi connectivity index (χ3n) is 2.22. The Morgan fingerprint density at radius 3 is 2.69 bits per heavy atom. The van der Waals surface area contributed by atoms with Crippen LogP contribution in [0.3, 0.4) is 0 Å². The summed E-state index contributed by atoms with van der Waals surface area (Å²) in [7, 11) is 0. The zero-order valence-corrected chi connectivity index (χ0v) is 7.31. The van der Waals surface area contributed by atoms with Crippen molar-refractivity contribution in [3.05, 3.63) is 24.0 Å². The predicted octanol–water partition coefficient (Wildman–Crippen LogP) is 0.713. The van der Waals surface area contributed by atoms with Gasteiger partial charge in [-0.3, -0.25) is 4.79 Å². The smallest absolute Gasteiger partial charge is 0.255 e. The number of amides is 1. The van der Waals surface area contributed by atoms with Crippen LogP contribution in [0.5, 0.6) is 0 Å². The fraction of sp³-hybridized carbons (Fsp3) is 0.444. The lowest BCUT2D eigenvalue weighted by atomic mass is 10.3. The summed E-state index contributed by atoms with van der Waals surface area (Å²) >= 11 is 0. The molecule has 0 radical (unpaired) electrons. The molecule has 0 atom stereocenters. The number of carbonyl (C=O) groups excluding carboxylic acids is 1. The molecule has 0 N–H and O–H groups in total. The van der Waals surface area contributed by atoms with Crippen LogP contribution in [0, 0.1) is 0 Å². The highest BCUT2D eigenvalue weighted by atomic mass is 16.2. The minimum absolute atomic E-state index is 0.0763. The van der Waals surface area contributed by atoms with Crippen LogP contribution >= 0.6 is 0 Å². The van der Waals surface area contributed by atoms with Crippen LogP contribution in [-0.2, 0) is 0 Å². The fourth-order valence-electron chi connectivity index (χ4n) is 1.52. The van der Waals surface area contributed by atoms with Crippen LogP contribution in [0.25, 0.3) is 0 Å². The van der Waals surface area contributed by atoms with Crippen molar-refractivity contribution < 1.29 is 4.79 Å². The van der Waals surface area contributed by atoms with Crippen LogP contribution in [0.4, 0.5) is 0 Å². The maximum absolute atomic E-state index is 11.7. The Hall–Kier alpha value is -1.45. The third kappa shape index (κ3) is 1.66. The van der Waals surface area contributed by atoms with Crippen molar-refractivity contribution in [1.82, 2.24) is 15.1 Å². The number of hydrogen-bond acceptors (Lipinski definition) is 3. The normalized spacial score (nSPS) is 16.2. The number of carbonyl (C=O) groups is 1. The van der Waals surface area contributed by atoms with Crippen molar-refractivity contribution >= 4 is 5.91 Å². The van der Waals surface area contributed by atoms with E-state index in [0.717, 1.165) is 25.9 Å². The predicted molar refractivity (Wildman–Crippen MR) is 47.2 cm³/mol. The molecule has 0 unspecified atom stereocenters. The summed E-state index contributed by atoms with van der Waals surface area (Å²) in [6, 6.07) is 1.70. The Balaban J connectivity index is 2.13. The van der Waals surface area contributed by atoms with Gasteiger partial charge in [0.2, 0.25) is 0 Å². The molecule has 4 heteroatoms. The fourth-order valence-corrected chi connectivity index (χ4v) is 1.52. The number of nitrogens with zero attached hydrogens (tertiary/aromatic N) is 3. The molecule has 1 fully saturated rings. The van der Waals surface area contributed by atoms with Gasteiger partial charge in [0.25, 0.3) is 5.91 Å². The minimum Gasteiger partial charge on any atom is -0.339 e. The lowest BCUT2D eigenvalue weighted by molar-refractivity contribution is 0.0792. The first-order chi connectivity index (χ1) is 6.38. The minimum atomic E-state index is 0.0763. The van der Waals surface area contributed by atoms with Crippen LogP contribution in [0.2, 0.25) is 0 Å². The molecule has 1 aliphatic heterocycles. The molecule has 13 heavy (non-hydrogen) atoms. The largest absolute Gasteiger partial charge is 0.339 e. The molecule has 0 spiro atoms. The summed E-state index contributed by atoms with van der Waals surface area (Å²) in [5, 5.41) is 7.31. The first-order valence-electron chi connectivity index (χ1n) is 4.44. The zero-order valence-electron chi connectivity index (χ0n) is 7.31. The topological polar surface area (TPSA) is 46.1 Å². The molecule has 1 aromatic rings. The molecule has 0 bridgehead atoms. The molecule has 1 saturated heterocycles. The van der Waals surface area contributed by atoms with Gasteiger partial charge in [0.05, 0.1) is 18.0 Å². The van der Waals surface area contributed by atoms with Crippen molar-refractivity contribution in [2.24, 2.45) is 0 Å². The van der Waals surface area contributed by atoms with Gasteiger partial charge in [-0.1, -0.05) is 0 Å². The molecule has 0 saturated carbocycles. The van der Waals surface area contributed by atoms with E-state index in [0.29, 0.717) is 5.56 Å². The molecule has 1 aliphatic rings. The molecule has 68 valence electrons. The van der Waals surface area contributed by atoms with E-state index in [1.165, 1.54) is 6.20 Å². The average Bonchev–Trinajstić information content (AvgIpc) is 2.71. The van der Waals surface area contributed by atoms with E-state index in [1.54, 1.807) is 12.3 Å². The van der Waals surface area contributed by atoms with Gasteiger partial charge in [-0.25, -0.2) is 0 Å². The van der Waals surface area contributed by atoms with Gasteiger partial charge in [-0.15, -0.1) is 0 Å². The molecule has 1 amide bonds. The van der Waals surface area contributed by atoms with Gasteiger partial charge in [0.15, 0.2) is 0 Å². The highest BCUT2D eigenvalue weighted by Gasteiger charge is 2.19. The lowest BCUT2D eigenvalue weighted by Crippen LogP contribution is -2.27. The first-order valence-corrected chi connectivity index (χ1v) is 4.44. The van der Waals surface area contributed by atoms with Gasteiger partial charge < -0.3 is 4.90 Å². The zero-order chi connectivity index (χ0) is 9.10. The Kier molecular flexibility index (Phi) is 2.21. The Morgan fingerprint density at radius 1 is 1.31 bits per heavy atom. The summed E-state index contributed by atoms with van der Waals surface area (Å²) in [5.74, 6) is 0.0763. The standard InChI is InChI=1S/C9H11N3O/c13-9(12-5-1-2-6-12)8-3-4-10-11-7-8/h3-4,7H,1-2,5-6H2. The SMILES string of the molecule is O=C(c1ccnnc1)N1CCCC1. The molecule has 1 aromatic heterocycles. The van der Waals surface area contributed by atoms with Gasteiger partial charge in [-0.2, -0.15) is 10.2 Å². The highest BCUT2D eigenvalue weighted by molar-refractivity contribution is 5.93. The molecule has 2 rings (SSSR count). The summed E-state index contributed by atoms with van der Waals surface area (Å²) in [5.41, 5.74) is 0.636. The quantitative estimate of drug-likeness (QED) is 0.634. The van der Waals surface area contributed by atoms with Gasteiger partial charge >= 0.3 is 0 Å². The molecule has 2 heterocycles. The van der Waals surface area contributed by atoms with E-state index in [-0.39, 0.29) is 5.91 Å². The van der Waals surface area contributed by atoms with Crippen molar-refractivity contribution in [2.75, 3.05) is 13.1 Å². The van der Waals surface area contributed by atoms with Crippen molar-refractivity contribution in [3.63, 3.8) is 0 Å². The van der Waals surface area contributed by atoms with Crippen molar-refractivity contribution in [2.45, 2.75) is 12.8 Å². The van der Waals surface area contributed by atoms with Gasteiger partial charge in [-0.05, 0) is 18.9 Å². The molecule has 0 aromatic carbocycles. The molecular formula is C9H11N3O. The van der Waals surface area contributed by atoms with E-state index in [1.807, 2.05) is 4.90 Å². The van der Waals surface area contributed by atoms with E-state index in [9.17, 15) is 4.79 Å². The molecule has 4 nitrogen and oxygen atoms in total. The van der Waals surface area contributed by atoms with Gasteiger partial charge in [0, 0.05) is 13.1 Å². The average molecular weight is 177 g/mol. The number of likely N-dealkylation sites (tertiary alicyclic amines) is 1. The Morgan fingerprint density at radius 2 is 2.08 bits per heavy atom. The van der Waals surface area contributed by atoms with Crippen LogP contribution < -0.4 is 0 Å². The first kappa shape index (κ1) is 8.16. The molecule has 0 aliphatic carbocycles. The van der Waals surface area contributed by atoms with E-state index >= 15 is 0 Å². The highest BCUT2D eigenvalue weighted by Crippen LogP contribution is 2.11. The Labute approximate surface area is 76.6 Å². The Bertz CT molecular complexity index is 293. The summed E-state index contributed by atoms with van der Waals surface area (Å²) in [6.07, 6.45) is 5.29. The van der Waals surface area contributed by atoms with E-state index in [2.05, 4.69) is 10.2 Å². The second-order valence-corrected chi connectivity index (χ2v) is 3.13. The summed E-state index contributed by atoms with van der Waals surface area (Å²) in [4.78, 5) is 13.6. The van der Waals surface area contributed by atoms with Gasteiger partial charge in [0.1, 0.15) is 0 Å². The van der Waals surface area contributed by atoms with Crippen LogP contribution in [0.15, 0.2) is 18.5 Å². The maximum Gasteiger partial charge on any atom is 0.255 e. The van der Waals surface area contributed by atoms with Crippen LogP contribution in [-0.4, -0.2) is 34.1 Å². The number of aromatic nitrogens is 2. The maximum atomic E-state index is 11.7. The van der Waals surface area contributed by atoms with Crippen LogP contribution in [0.1, 0.15) is 23.2 Å². The second-order valence-electron chi connectivity index (χ2n) is 3.13. The monoisotopic (exact) mass is 177 g/mol. The van der Waals surface area contributed by atoms with E-state index in [4.69, 9.17) is 0 Å². The van der Waals surface area contributed by atoms with E-state index < -0.39 is 0 Å². The van der Waals surface area contributed by atoms with Crippen molar-refractivity contribution in [3.8, 4) is 0 Å². The molecular weight excluding hydrogens is 166 g/mol. The lowest BCUT2D eigenvalue weighted by Gasteiger charge is -2.14. The summed E-state index contributed by atoms with van der Waals surface area (Å²) in [6.45, 7) is 1.75. The number of hydrogen-bond donors (Lipinski definition) is 0. The third-order valence-corrected chi connectivity index (χ3v) is 2.22.